The Hall–Kier alpha value is -1.99. The number of rotatable bonds is 4. The molecule has 0 spiro atoms. The maximum absolute atomic E-state index is 5.58. The lowest BCUT2D eigenvalue weighted by molar-refractivity contribution is 0.171. The molecule has 0 atom stereocenters. The Morgan fingerprint density at radius 3 is 2.91 bits per heavy atom. The Morgan fingerprint density at radius 2 is 2.05 bits per heavy atom. The molecule has 3 aromatic rings. The summed E-state index contributed by atoms with van der Waals surface area (Å²) in [7, 11) is 0. The quantitative estimate of drug-likeness (QED) is 0.676. The number of thiophene rings is 1. The van der Waals surface area contributed by atoms with Crippen LogP contribution in [-0.4, -0.2) is 23.4 Å². The average Bonchev–Trinajstić information content (AvgIpc) is 3.24. The summed E-state index contributed by atoms with van der Waals surface area (Å²) in [6.45, 7) is 1.20. The van der Waals surface area contributed by atoms with Crippen molar-refractivity contribution in [2.45, 2.75) is 10.6 Å². The molecule has 1 aromatic carbocycles. The molecule has 0 unspecified atom stereocenters. The van der Waals surface area contributed by atoms with Crippen LogP contribution in [0.1, 0.15) is 5.89 Å². The summed E-state index contributed by atoms with van der Waals surface area (Å²) in [5.41, 5.74) is 0.990. The SMILES string of the molecule is c1cc(-c2noc(CSc3ccc4c(c3)OCCO4)n2)cs1. The van der Waals surface area contributed by atoms with Crippen LogP contribution in [0.4, 0.5) is 0 Å². The zero-order chi connectivity index (χ0) is 14.8. The van der Waals surface area contributed by atoms with Gasteiger partial charge in [0, 0.05) is 15.8 Å². The van der Waals surface area contributed by atoms with Gasteiger partial charge in [-0.05, 0) is 29.6 Å². The standard InChI is InChI=1S/C15H12N2O3S2/c1-2-12-13(19-5-4-18-12)7-11(1)22-9-14-16-15(17-20-14)10-3-6-21-8-10/h1-3,6-8H,4-5,9H2. The van der Waals surface area contributed by atoms with Gasteiger partial charge in [0.25, 0.3) is 0 Å². The predicted molar refractivity (Wildman–Crippen MR) is 84.6 cm³/mol. The second kappa shape index (κ2) is 6.02. The maximum Gasteiger partial charge on any atom is 0.237 e. The Kier molecular flexibility index (Phi) is 3.74. The number of thioether (sulfide) groups is 1. The first-order valence-corrected chi connectivity index (χ1v) is 8.69. The molecule has 3 heterocycles. The van der Waals surface area contributed by atoms with Gasteiger partial charge >= 0.3 is 0 Å². The third-order valence-electron chi connectivity index (χ3n) is 3.12. The lowest BCUT2D eigenvalue weighted by Gasteiger charge is -2.18. The minimum absolute atomic E-state index is 0.592. The van der Waals surface area contributed by atoms with Gasteiger partial charge in [-0.2, -0.15) is 16.3 Å². The van der Waals surface area contributed by atoms with E-state index in [2.05, 4.69) is 10.1 Å². The minimum atomic E-state index is 0.592. The third-order valence-corrected chi connectivity index (χ3v) is 4.79. The van der Waals surface area contributed by atoms with Gasteiger partial charge in [-0.1, -0.05) is 5.16 Å². The van der Waals surface area contributed by atoms with Crippen LogP contribution in [0.25, 0.3) is 11.4 Å². The van der Waals surface area contributed by atoms with Crippen molar-refractivity contribution < 1.29 is 14.0 Å². The number of fused-ring (bicyclic) bond motifs is 1. The Bertz CT molecular complexity index is 771. The summed E-state index contributed by atoms with van der Waals surface area (Å²) < 4.78 is 16.4. The molecule has 0 bridgehead atoms. The third kappa shape index (κ3) is 2.82. The fraction of sp³-hybridized carbons (Fsp3) is 0.200. The highest BCUT2D eigenvalue weighted by molar-refractivity contribution is 7.98. The molecule has 0 radical (unpaired) electrons. The van der Waals surface area contributed by atoms with Crippen LogP contribution in [0, 0.1) is 0 Å². The van der Waals surface area contributed by atoms with Gasteiger partial charge in [-0.15, -0.1) is 11.8 Å². The van der Waals surface area contributed by atoms with Gasteiger partial charge in [-0.3, -0.25) is 0 Å². The van der Waals surface area contributed by atoms with E-state index < -0.39 is 0 Å². The fourth-order valence-corrected chi connectivity index (χ4v) is 3.48. The van der Waals surface area contributed by atoms with E-state index in [1.165, 1.54) is 0 Å². The molecular weight excluding hydrogens is 320 g/mol. The molecule has 2 aromatic heterocycles. The molecule has 22 heavy (non-hydrogen) atoms. The highest BCUT2D eigenvalue weighted by Gasteiger charge is 2.13. The Morgan fingerprint density at radius 1 is 1.14 bits per heavy atom. The molecule has 0 fully saturated rings. The maximum atomic E-state index is 5.58. The highest BCUT2D eigenvalue weighted by atomic mass is 32.2. The Labute approximate surface area is 135 Å². The molecule has 112 valence electrons. The van der Waals surface area contributed by atoms with Crippen molar-refractivity contribution in [1.82, 2.24) is 10.1 Å². The van der Waals surface area contributed by atoms with Crippen molar-refractivity contribution in [3.63, 3.8) is 0 Å². The molecule has 1 aliphatic heterocycles. The number of nitrogens with zero attached hydrogens (tertiary/aromatic N) is 2. The number of benzene rings is 1. The van der Waals surface area contributed by atoms with Crippen LogP contribution < -0.4 is 9.47 Å². The number of aromatic nitrogens is 2. The zero-order valence-electron chi connectivity index (χ0n) is 11.5. The second-order valence-electron chi connectivity index (χ2n) is 4.62. The first kappa shape index (κ1) is 13.7. The predicted octanol–water partition coefficient (Wildman–Crippen LogP) is 3.86. The van der Waals surface area contributed by atoms with Crippen LogP contribution in [0.15, 0.2) is 44.4 Å². The summed E-state index contributed by atoms with van der Waals surface area (Å²) in [6, 6.07) is 7.90. The monoisotopic (exact) mass is 332 g/mol. The van der Waals surface area contributed by atoms with E-state index in [9.17, 15) is 0 Å². The summed E-state index contributed by atoms with van der Waals surface area (Å²) in [5, 5.41) is 8.00. The molecule has 0 amide bonds. The molecule has 0 saturated heterocycles. The van der Waals surface area contributed by atoms with Crippen LogP contribution in [0.2, 0.25) is 0 Å². The molecule has 4 rings (SSSR count). The van der Waals surface area contributed by atoms with Crippen LogP contribution >= 0.6 is 23.1 Å². The second-order valence-corrected chi connectivity index (χ2v) is 6.45. The summed E-state index contributed by atoms with van der Waals surface area (Å²) >= 11 is 3.24. The lowest BCUT2D eigenvalue weighted by atomic mass is 10.3. The van der Waals surface area contributed by atoms with Crippen molar-refractivity contribution in [3.05, 3.63) is 40.9 Å². The zero-order valence-corrected chi connectivity index (χ0v) is 13.2. The van der Waals surface area contributed by atoms with E-state index in [1.807, 2.05) is 35.0 Å². The molecular formula is C15H12N2O3S2. The van der Waals surface area contributed by atoms with Crippen LogP contribution in [0.3, 0.4) is 0 Å². The van der Waals surface area contributed by atoms with Crippen molar-refractivity contribution in [3.8, 4) is 22.9 Å². The largest absolute Gasteiger partial charge is 0.486 e. The van der Waals surface area contributed by atoms with E-state index in [4.69, 9.17) is 14.0 Å². The normalized spacial score (nSPS) is 13.3. The highest BCUT2D eigenvalue weighted by Crippen LogP contribution is 2.35. The van der Waals surface area contributed by atoms with E-state index in [0.29, 0.717) is 30.7 Å². The number of ether oxygens (including phenoxy) is 2. The van der Waals surface area contributed by atoms with E-state index >= 15 is 0 Å². The van der Waals surface area contributed by atoms with Gasteiger partial charge in [-0.25, -0.2) is 0 Å². The molecule has 1 aliphatic rings. The number of hydrogen-bond donors (Lipinski definition) is 0. The fourth-order valence-electron chi connectivity index (χ4n) is 2.08. The first-order chi connectivity index (χ1) is 10.9. The first-order valence-electron chi connectivity index (χ1n) is 6.76. The minimum Gasteiger partial charge on any atom is -0.486 e. The molecule has 0 aliphatic carbocycles. The van der Waals surface area contributed by atoms with Gasteiger partial charge in [0.15, 0.2) is 11.5 Å². The molecule has 0 N–H and O–H groups in total. The summed E-state index contributed by atoms with van der Waals surface area (Å²) in [6.07, 6.45) is 0. The van der Waals surface area contributed by atoms with Crippen LogP contribution in [0.5, 0.6) is 11.5 Å². The van der Waals surface area contributed by atoms with E-state index in [1.54, 1.807) is 23.1 Å². The van der Waals surface area contributed by atoms with Crippen LogP contribution in [-0.2, 0) is 5.75 Å². The van der Waals surface area contributed by atoms with Gasteiger partial charge in [0.2, 0.25) is 11.7 Å². The van der Waals surface area contributed by atoms with Crippen molar-refractivity contribution in [2.24, 2.45) is 0 Å². The number of hydrogen-bond acceptors (Lipinski definition) is 7. The topological polar surface area (TPSA) is 57.4 Å². The van der Waals surface area contributed by atoms with E-state index in [0.717, 1.165) is 22.0 Å². The lowest BCUT2D eigenvalue weighted by Crippen LogP contribution is -2.15. The van der Waals surface area contributed by atoms with Gasteiger partial charge in [0.05, 0.1) is 5.75 Å². The van der Waals surface area contributed by atoms with Crippen molar-refractivity contribution in [2.75, 3.05) is 13.2 Å². The average molecular weight is 332 g/mol. The van der Waals surface area contributed by atoms with E-state index in [-0.39, 0.29) is 0 Å². The molecule has 7 heteroatoms. The smallest absolute Gasteiger partial charge is 0.237 e. The van der Waals surface area contributed by atoms with Gasteiger partial charge < -0.3 is 14.0 Å². The van der Waals surface area contributed by atoms with Crippen molar-refractivity contribution in [1.29, 1.82) is 0 Å². The van der Waals surface area contributed by atoms with Gasteiger partial charge in [0.1, 0.15) is 13.2 Å². The summed E-state index contributed by atoms with van der Waals surface area (Å²) in [4.78, 5) is 5.49. The summed E-state index contributed by atoms with van der Waals surface area (Å²) in [5.74, 6) is 3.46. The Balaban J connectivity index is 1.44. The van der Waals surface area contributed by atoms with Crippen molar-refractivity contribution >= 4 is 23.1 Å². The molecule has 0 saturated carbocycles. The molecule has 5 nitrogen and oxygen atoms in total.